The monoisotopic (exact) mass is 452 g/mol. The summed E-state index contributed by atoms with van der Waals surface area (Å²) in [5.41, 5.74) is 2.10. The van der Waals surface area contributed by atoms with Crippen molar-refractivity contribution >= 4 is 39.1 Å². The van der Waals surface area contributed by atoms with Crippen LogP contribution in [0.3, 0.4) is 0 Å². The van der Waals surface area contributed by atoms with E-state index >= 15 is 0 Å². The van der Waals surface area contributed by atoms with Crippen LogP contribution < -0.4 is 5.56 Å². The largest absolute Gasteiger partial charge is 0.293 e. The average molecular weight is 453 g/mol. The van der Waals surface area contributed by atoms with Gasteiger partial charge in [0.2, 0.25) is 0 Å². The average Bonchev–Trinajstić information content (AvgIpc) is 3.00. The summed E-state index contributed by atoms with van der Waals surface area (Å²) in [5.74, 6) is 0.386. The highest BCUT2D eigenvalue weighted by molar-refractivity contribution is 7.99. The summed E-state index contributed by atoms with van der Waals surface area (Å²) in [7, 11) is 0. The summed E-state index contributed by atoms with van der Waals surface area (Å²) < 4.78 is 1.96. The zero-order valence-corrected chi connectivity index (χ0v) is 19.4. The predicted molar refractivity (Wildman–Crippen MR) is 129 cm³/mol. The maximum absolute atomic E-state index is 13.8. The molecule has 4 nitrogen and oxygen atoms in total. The maximum atomic E-state index is 13.8. The van der Waals surface area contributed by atoms with Gasteiger partial charge in [-0.05, 0) is 44.1 Å². The molecule has 2 aromatic heterocycles. The number of hydrogen-bond donors (Lipinski definition) is 0. The molecule has 1 saturated carbocycles. The summed E-state index contributed by atoms with van der Waals surface area (Å²) in [6.45, 7) is 0. The molecular weight excluding hydrogens is 424 g/mol. The molecule has 31 heavy (non-hydrogen) atoms. The van der Waals surface area contributed by atoms with Crippen molar-refractivity contribution in [2.45, 2.75) is 75.4 Å². The number of aromatic nitrogens is 2. The second-order valence-corrected chi connectivity index (χ2v) is 10.7. The predicted octanol–water partition coefficient (Wildman–Crippen LogP) is 6.21. The number of carbonyl (C=O) groups excluding carboxylic acids is 1. The molecule has 1 aromatic carbocycles. The van der Waals surface area contributed by atoms with Crippen molar-refractivity contribution in [1.82, 2.24) is 9.55 Å². The zero-order chi connectivity index (χ0) is 21.2. The van der Waals surface area contributed by atoms with E-state index in [-0.39, 0.29) is 17.4 Å². The van der Waals surface area contributed by atoms with Crippen molar-refractivity contribution in [3.8, 4) is 0 Å². The first-order valence-corrected chi connectivity index (χ1v) is 13.3. The van der Waals surface area contributed by atoms with E-state index in [1.54, 1.807) is 11.3 Å². The number of fused-ring (bicyclic) bond motifs is 3. The first-order valence-electron chi connectivity index (χ1n) is 11.5. The van der Waals surface area contributed by atoms with E-state index in [1.165, 1.54) is 41.5 Å². The van der Waals surface area contributed by atoms with E-state index in [4.69, 9.17) is 4.98 Å². The molecule has 0 saturated heterocycles. The fourth-order valence-electron chi connectivity index (χ4n) is 4.98. The number of thioether (sulfide) groups is 1. The topological polar surface area (TPSA) is 52.0 Å². The van der Waals surface area contributed by atoms with Gasteiger partial charge in [0.05, 0.1) is 11.1 Å². The molecule has 2 aliphatic carbocycles. The van der Waals surface area contributed by atoms with Crippen molar-refractivity contribution in [2.75, 3.05) is 5.75 Å². The number of carbonyl (C=O) groups is 1. The fraction of sp³-hybridized carbons (Fsp3) is 0.480. The molecule has 5 rings (SSSR count). The Morgan fingerprint density at radius 3 is 2.58 bits per heavy atom. The third-order valence-corrected chi connectivity index (χ3v) is 8.75. The van der Waals surface area contributed by atoms with E-state index in [2.05, 4.69) is 0 Å². The van der Waals surface area contributed by atoms with Gasteiger partial charge in [-0.2, -0.15) is 0 Å². The lowest BCUT2D eigenvalue weighted by Crippen LogP contribution is -2.29. The molecule has 162 valence electrons. The Balaban J connectivity index is 1.55. The number of rotatable bonds is 5. The van der Waals surface area contributed by atoms with Gasteiger partial charge >= 0.3 is 0 Å². The molecule has 3 aromatic rings. The molecule has 6 heteroatoms. The maximum Gasteiger partial charge on any atom is 0.263 e. The van der Waals surface area contributed by atoms with Crippen LogP contribution in [0.4, 0.5) is 0 Å². The first-order chi connectivity index (χ1) is 15.2. The molecule has 0 bridgehead atoms. The van der Waals surface area contributed by atoms with E-state index in [1.807, 2.05) is 34.9 Å². The van der Waals surface area contributed by atoms with Gasteiger partial charge in [0.25, 0.3) is 5.56 Å². The second-order valence-electron chi connectivity index (χ2n) is 8.68. The Labute approximate surface area is 191 Å². The molecule has 0 radical (unpaired) electrons. The Morgan fingerprint density at radius 2 is 1.77 bits per heavy atom. The van der Waals surface area contributed by atoms with Gasteiger partial charge in [-0.1, -0.05) is 67.8 Å². The second kappa shape index (κ2) is 9.29. The smallest absolute Gasteiger partial charge is 0.263 e. The number of nitrogens with zero attached hydrogens (tertiary/aromatic N) is 2. The van der Waals surface area contributed by atoms with Crippen molar-refractivity contribution in [3.05, 3.63) is 56.7 Å². The summed E-state index contributed by atoms with van der Waals surface area (Å²) in [6, 6.07) is 9.60. The van der Waals surface area contributed by atoms with Gasteiger partial charge in [0.1, 0.15) is 4.83 Å². The Bertz CT molecular complexity index is 1140. The standard InChI is InChI=1S/C25H28N2O2S2/c28-20(17-10-4-1-5-11-17)16-30-25-26-23-22(19-14-8-3-9-15-21(19)31-23)24(29)27(25)18-12-6-2-7-13-18/h1,4-5,10-11,18H,2-3,6-9,12-16H2. The molecule has 0 N–H and O–H groups in total. The van der Waals surface area contributed by atoms with Crippen LogP contribution >= 0.6 is 23.1 Å². The quantitative estimate of drug-likeness (QED) is 0.200. The van der Waals surface area contributed by atoms with E-state index in [0.29, 0.717) is 11.3 Å². The minimum Gasteiger partial charge on any atom is -0.293 e. The van der Waals surface area contributed by atoms with Crippen LogP contribution in [0.5, 0.6) is 0 Å². The van der Waals surface area contributed by atoms with Crippen LogP contribution in [-0.4, -0.2) is 21.1 Å². The van der Waals surface area contributed by atoms with Gasteiger partial charge in [-0.3, -0.25) is 14.2 Å². The molecule has 2 aliphatic rings. The number of benzene rings is 1. The number of hydrogen-bond acceptors (Lipinski definition) is 5. The molecule has 0 unspecified atom stereocenters. The van der Waals surface area contributed by atoms with E-state index < -0.39 is 0 Å². The molecule has 0 amide bonds. The van der Waals surface area contributed by atoms with E-state index in [9.17, 15) is 9.59 Å². The van der Waals surface area contributed by atoms with Crippen molar-refractivity contribution in [1.29, 1.82) is 0 Å². The van der Waals surface area contributed by atoms with Crippen LogP contribution in [0.2, 0.25) is 0 Å². The van der Waals surface area contributed by atoms with E-state index in [0.717, 1.165) is 60.3 Å². The highest BCUT2D eigenvalue weighted by Gasteiger charge is 2.26. The Hall–Kier alpha value is -1.92. The summed E-state index contributed by atoms with van der Waals surface area (Å²) in [5, 5.41) is 1.59. The number of aryl methyl sites for hydroxylation is 2. The van der Waals surface area contributed by atoms with Gasteiger partial charge in [0.15, 0.2) is 10.9 Å². The van der Waals surface area contributed by atoms with Crippen LogP contribution in [0, 0.1) is 0 Å². The summed E-state index contributed by atoms with van der Waals surface area (Å²) in [4.78, 5) is 33.8. The molecule has 0 atom stereocenters. The fourth-order valence-corrected chi connectivity index (χ4v) is 7.24. The zero-order valence-electron chi connectivity index (χ0n) is 17.8. The van der Waals surface area contributed by atoms with Gasteiger partial charge in [0, 0.05) is 16.5 Å². The normalized spacial score (nSPS) is 17.4. The molecular formula is C25H28N2O2S2. The minimum absolute atomic E-state index is 0.0806. The number of ketones is 1. The van der Waals surface area contributed by atoms with Gasteiger partial charge in [-0.25, -0.2) is 4.98 Å². The summed E-state index contributed by atoms with van der Waals surface area (Å²) >= 11 is 3.14. The molecule has 1 fully saturated rings. The molecule has 2 heterocycles. The van der Waals surface area contributed by atoms with Crippen LogP contribution in [0.15, 0.2) is 40.3 Å². The first kappa shape index (κ1) is 21.0. The van der Waals surface area contributed by atoms with Crippen molar-refractivity contribution in [2.24, 2.45) is 0 Å². The highest BCUT2D eigenvalue weighted by atomic mass is 32.2. The van der Waals surface area contributed by atoms with Crippen LogP contribution in [0.25, 0.3) is 10.2 Å². The number of Topliss-reactive ketones (excluding diaryl/α,β-unsaturated/α-hetero) is 1. The summed E-state index contributed by atoms with van der Waals surface area (Å²) in [6.07, 6.45) is 11.3. The minimum atomic E-state index is 0.0806. The highest BCUT2D eigenvalue weighted by Crippen LogP contribution is 2.36. The molecule has 0 spiro atoms. The lowest BCUT2D eigenvalue weighted by Gasteiger charge is -2.26. The lowest BCUT2D eigenvalue weighted by molar-refractivity contribution is 0.102. The number of thiophene rings is 1. The lowest BCUT2D eigenvalue weighted by atomic mass is 9.95. The van der Waals surface area contributed by atoms with Crippen molar-refractivity contribution in [3.63, 3.8) is 0 Å². The molecule has 0 aliphatic heterocycles. The van der Waals surface area contributed by atoms with Gasteiger partial charge in [-0.15, -0.1) is 11.3 Å². The SMILES string of the molecule is O=C(CSc1nc2sc3c(c2c(=O)n1C1CCCCC1)CCCCC3)c1ccccc1. The Morgan fingerprint density at radius 1 is 1.03 bits per heavy atom. The van der Waals surface area contributed by atoms with Crippen molar-refractivity contribution < 1.29 is 4.79 Å². The third-order valence-electron chi connectivity index (χ3n) is 6.61. The van der Waals surface area contributed by atoms with Crippen LogP contribution in [-0.2, 0) is 12.8 Å². The Kier molecular flexibility index (Phi) is 6.28. The van der Waals surface area contributed by atoms with Crippen LogP contribution in [0.1, 0.15) is 78.2 Å². The van der Waals surface area contributed by atoms with Gasteiger partial charge < -0.3 is 0 Å². The third kappa shape index (κ3) is 4.24.